The summed E-state index contributed by atoms with van der Waals surface area (Å²) in [4.78, 5) is 13.5. The number of rotatable bonds is 6. The zero-order chi connectivity index (χ0) is 22.5. The average molecular weight is 440 g/mol. The molecule has 0 N–H and O–H groups in total. The fourth-order valence-corrected chi connectivity index (χ4v) is 4.84. The Balaban J connectivity index is 2.08. The highest BCUT2D eigenvalue weighted by Gasteiger charge is 2.47. The number of esters is 1. The van der Waals surface area contributed by atoms with Crippen LogP contribution in [0.15, 0.2) is 59.5 Å². The highest BCUT2D eigenvalue weighted by molar-refractivity contribution is 7.91. The van der Waals surface area contributed by atoms with Gasteiger partial charge in [0.25, 0.3) is 0 Å². The van der Waals surface area contributed by atoms with Gasteiger partial charge in [0.2, 0.25) is 0 Å². The second kappa shape index (κ2) is 10.0. The van der Waals surface area contributed by atoms with Crippen molar-refractivity contribution in [2.75, 3.05) is 6.61 Å². The monoisotopic (exact) mass is 439 g/mol. The summed E-state index contributed by atoms with van der Waals surface area (Å²) >= 11 is -1.43. The van der Waals surface area contributed by atoms with Gasteiger partial charge < -0.3 is 9.29 Å². The summed E-state index contributed by atoms with van der Waals surface area (Å²) in [5.74, 6) is -0.285. The van der Waals surface area contributed by atoms with E-state index in [-0.39, 0.29) is 12.6 Å². The predicted octanol–water partition coefficient (Wildman–Crippen LogP) is 5.97. The van der Waals surface area contributed by atoms with E-state index >= 15 is 0 Å². The Labute approximate surface area is 189 Å². The van der Waals surface area contributed by atoms with Gasteiger partial charge >= 0.3 is 5.97 Å². The molecule has 0 saturated heterocycles. The number of hydrogen-bond donors (Lipinski definition) is 0. The average Bonchev–Trinajstić information content (AvgIpc) is 2.94. The molecule has 1 saturated carbocycles. The van der Waals surface area contributed by atoms with Crippen LogP contribution < -0.4 is 0 Å². The fourth-order valence-electron chi connectivity index (χ4n) is 4.10. The van der Waals surface area contributed by atoms with Gasteiger partial charge in [0.1, 0.15) is 28.1 Å². The van der Waals surface area contributed by atoms with Crippen molar-refractivity contribution in [3.63, 3.8) is 0 Å². The standard InChI is InChI=1S/C26H33NO3S/c1-5-17-30-24(28)26(19-20-14-15-21-11-8-9-12-22(21)18-20)16-10-6-7-13-23(26)27-31(29)25(2,3)4/h5,8-9,11-12,14-15,18H,1,6-7,10,13,16-17,19H2,2-4H3/b27-23+/t26-,31?/m0/s1. The molecule has 3 rings (SSSR count). The summed E-state index contributed by atoms with van der Waals surface area (Å²) in [5, 5.41) is 2.30. The number of hydrogen-bond acceptors (Lipinski definition) is 4. The Hall–Kier alpha value is -2.11. The number of fused-ring (bicyclic) bond motifs is 1. The van der Waals surface area contributed by atoms with Crippen LogP contribution in [0.5, 0.6) is 0 Å². The first-order valence-corrected chi connectivity index (χ1v) is 12.1. The molecule has 1 unspecified atom stereocenters. The van der Waals surface area contributed by atoms with E-state index in [0.29, 0.717) is 19.3 Å². The Morgan fingerprint density at radius 2 is 1.94 bits per heavy atom. The SMILES string of the molecule is C=CCOC(=O)[C@]1(Cc2ccc3ccccc3c2)CCCCC/C1=N\[S+]([O-])C(C)(C)C. The minimum Gasteiger partial charge on any atom is -0.591 e. The number of nitrogens with zero attached hydrogens (tertiary/aromatic N) is 1. The van der Waals surface area contributed by atoms with Gasteiger partial charge in [0.15, 0.2) is 0 Å². The summed E-state index contributed by atoms with van der Waals surface area (Å²) in [5.41, 5.74) is 0.883. The van der Waals surface area contributed by atoms with Crippen LogP contribution in [0.25, 0.3) is 10.8 Å². The Morgan fingerprint density at radius 3 is 2.65 bits per heavy atom. The molecule has 2 aromatic carbocycles. The lowest BCUT2D eigenvalue weighted by Gasteiger charge is -2.32. The summed E-state index contributed by atoms with van der Waals surface area (Å²) in [6.07, 6.45) is 6.27. The Morgan fingerprint density at radius 1 is 1.19 bits per heavy atom. The summed E-state index contributed by atoms with van der Waals surface area (Å²) in [7, 11) is 0. The molecule has 5 heteroatoms. The van der Waals surface area contributed by atoms with Gasteiger partial charge in [0, 0.05) is 0 Å². The lowest BCUT2D eigenvalue weighted by Crippen LogP contribution is -2.43. The van der Waals surface area contributed by atoms with Gasteiger partial charge in [-0.1, -0.05) is 72.4 Å². The van der Waals surface area contributed by atoms with Crippen LogP contribution >= 0.6 is 0 Å². The first-order valence-electron chi connectivity index (χ1n) is 11.0. The number of carbonyl (C=O) groups excluding carboxylic acids is 1. The molecular weight excluding hydrogens is 406 g/mol. The Kier molecular flexibility index (Phi) is 7.60. The second-order valence-corrected chi connectivity index (χ2v) is 11.2. The largest absolute Gasteiger partial charge is 0.591 e. The van der Waals surface area contributed by atoms with E-state index in [4.69, 9.17) is 4.74 Å². The molecule has 2 aromatic rings. The van der Waals surface area contributed by atoms with Crippen LogP contribution in [0.4, 0.5) is 0 Å². The van der Waals surface area contributed by atoms with Gasteiger partial charge in [-0.25, -0.2) is 0 Å². The lowest BCUT2D eigenvalue weighted by atomic mass is 9.73. The van der Waals surface area contributed by atoms with E-state index < -0.39 is 21.5 Å². The third kappa shape index (κ3) is 5.58. The van der Waals surface area contributed by atoms with Crippen molar-refractivity contribution in [1.29, 1.82) is 0 Å². The van der Waals surface area contributed by atoms with Crippen molar-refractivity contribution in [2.24, 2.45) is 9.81 Å². The van der Waals surface area contributed by atoms with E-state index in [1.807, 2.05) is 32.9 Å². The van der Waals surface area contributed by atoms with Crippen molar-refractivity contribution in [3.05, 3.63) is 60.7 Å². The highest BCUT2D eigenvalue weighted by atomic mass is 32.2. The molecule has 1 aliphatic rings. The molecule has 0 bridgehead atoms. The topological polar surface area (TPSA) is 61.7 Å². The third-order valence-electron chi connectivity index (χ3n) is 5.83. The molecule has 0 aromatic heterocycles. The van der Waals surface area contributed by atoms with Crippen LogP contribution in [0.1, 0.15) is 58.4 Å². The van der Waals surface area contributed by atoms with Crippen molar-refractivity contribution in [2.45, 2.75) is 64.0 Å². The normalized spacial score (nSPS) is 22.1. The van der Waals surface area contributed by atoms with Gasteiger partial charge in [0.05, 0.1) is 5.71 Å². The molecule has 0 spiro atoms. The van der Waals surface area contributed by atoms with Crippen molar-refractivity contribution in [1.82, 2.24) is 0 Å². The van der Waals surface area contributed by atoms with Gasteiger partial charge in [-0.2, -0.15) is 0 Å². The molecule has 2 atom stereocenters. The number of ether oxygens (including phenoxy) is 1. The van der Waals surface area contributed by atoms with E-state index in [9.17, 15) is 9.35 Å². The maximum absolute atomic E-state index is 13.5. The van der Waals surface area contributed by atoms with Crippen LogP contribution in [0.3, 0.4) is 0 Å². The third-order valence-corrected chi connectivity index (χ3v) is 7.26. The molecule has 0 amide bonds. The maximum atomic E-state index is 13.5. The molecule has 4 nitrogen and oxygen atoms in total. The summed E-state index contributed by atoms with van der Waals surface area (Å²) < 4.78 is 22.7. The molecule has 0 heterocycles. The zero-order valence-corrected chi connectivity index (χ0v) is 19.7. The van der Waals surface area contributed by atoms with Crippen molar-refractivity contribution in [3.8, 4) is 0 Å². The molecule has 0 aliphatic heterocycles. The minimum absolute atomic E-state index is 0.161. The maximum Gasteiger partial charge on any atom is 0.318 e. The molecule has 1 fully saturated rings. The predicted molar refractivity (Wildman–Crippen MR) is 130 cm³/mol. The van der Waals surface area contributed by atoms with Crippen molar-refractivity contribution >= 4 is 33.8 Å². The molecular formula is C26H33NO3S. The molecule has 0 radical (unpaired) electrons. The summed E-state index contributed by atoms with van der Waals surface area (Å²) in [6.45, 7) is 9.56. The zero-order valence-electron chi connectivity index (χ0n) is 18.9. The van der Waals surface area contributed by atoms with E-state index in [0.717, 1.165) is 41.3 Å². The number of carbonyl (C=O) groups is 1. The van der Waals surface area contributed by atoms with E-state index in [2.05, 4.69) is 41.3 Å². The van der Waals surface area contributed by atoms with Crippen molar-refractivity contribution < 1.29 is 14.1 Å². The first-order chi connectivity index (χ1) is 14.8. The van der Waals surface area contributed by atoms with E-state index in [1.165, 1.54) is 0 Å². The van der Waals surface area contributed by atoms with Crippen LogP contribution in [-0.4, -0.2) is 27.6 Å². The highest BCUT2D eigenvalue weighted by Crippen LogP contribution is 2.39. The number of benzene rings is 2. The van der Waals surface area contributed by atoms with Crippen LogP contribution in [0, 0.1) is 5.41 Å². The first kappa shape index (κ1) is 23.6. The molecule has 31 heavy (non-hydrogen) atoms. The fraction of sp³-hybridized carbons (Fsp3) is 0.462. The van der Waals surface area contributed by atoms with E-state index in [1.54, 1.807) is 6.08 Å². The van der Waals surface area contributed by atoms with Crippen LogP contribution in [-0.2, 0) is 27.3 Å². The Bertz CT molecular complexity index is 963. The quantitative estimate of drug-likeness (QED) is 0.241. The van der Waals surface area contributed by atoms with Gasteiger partial charge in [-0.05, 0) is 62.8 Å². The second-order valence-electron chi connectivity index (χ2n) is 9.29. The summed E-state index contributed by atoms with van der Waals surface area (Å²) in [6, 6.07) is 14.5. The molecule has 166 valence electrons. The van der Waals surface area contributed by atoms with Crippen LogP contribution in [0.2, 0.25) is 0 Å². The van der Waals surface area contributed by atoms with Gasteiger partial charge in [-0.3, -0.25) is 4.79 Å². The van der Waals surface area contributed by atoms with Gasteiger partial charge in [-0.15, -0.1) is 0 Å². The minimum atomic E-state index is -1.43. The lowest BCUT2D eigenvalue weighted by molar-refractivity contribution is -0.150. The molecule has 1 aliphatic carbocycles. The smallest absolute Gasteiger partial charge is 0.318 e.